The fourth-order valence-corrected chi connectivity index (χ4v) is 6.11. The van der Waals surface area contributed by atoms with E-state index < -0.39 is 25.7 Å². The molecule has 1 atom stereocenters. The second-order valence-electron chi connectivity index (χ2n) is 11.7. The molecule has 1 unspecified atom stereocenters. The maximum Gasteiger partial charge on any atom is 0.407 e. The summed E-state index contributed by atoms with van der Waals surface area (Å²) in [7, 11) is 0.448. The SMILES string of the molecule is COC(COCC1(c2ccc(F)cc2)CCN(C(=O)O)CC1)c1cc(Cl)cc2cn(COCC[Si](C)(C)C)nc12. The number of methoxy groups -OCH3 is 1. The Morgan fingerprint density at radius 2 is 1.88 bits per heavy atom. The molecule has 2 heterocycles. The Kier molecular flexibility index (Phi) is 9.89. The molecule has 8 nitrogen and oxygen atoms in total. The highest BCUT2D eigenvalue weighted by atomic mass is 35.5. The van der Waals surface area contributed by atoms with Crippen LogP contribution in [0.15, 0.2) is 42.6 Å². The van der Waals surface area contributed by atoms with Crippen molar-refractivity contribution >= 4 is 36.7 Å². The van der Waals surface area contributed by atoms with Crippen LogP contribution >= 0.6 is 11.6 Å². The minimum Gasteiger partial charge on any atom is -0.465 e. The van der Waals surface area contributed by atoms with Crippen LogP contribution in [0.4, 0.5) is 9.18 Å². The van der Waals surface area contributed by atoms with Gasteiger partial charge in [0.05, 0.1) is 18.7 Å². The minimum atomic E-state index is -1.17. The number of likely N-dealkylation sites (tertiary alicyclic amines) is 1. The molecule has 40 heavy (non-hydrogen) atoms. The molecule has 0 aliphatic carbocycles. The third kappa shape index (κ3) is 7.61. The molecule has 1 aliphatic heterocycles. The van der Waals surface area contributed by atoms with E-state index in [0.717, 1.165) is 28.1 Å². The molecule has 0 saturated carbocycles. The van der Waals surface area contributed by atoms with Gasteiger partial charge in [-0.2, -0.15) is 5.10 Å². The van der Waals surface area contributed by atoms with Crippen molar-refractivity contribution in [3.8, 4) is 0 Å². The molecule has 1 aromatic heterocycles. The summed E-state index contributed by atoms with van der Waals surface area (Å²) in [6.07, 6.45) is 1.71. The molecule has 1 fully saturated rings. The highest BCUT2D eigenvalue weighted by Gasteiger charge is 2.38. The number of rotatable bonds is 12. The third-order valence-corrected chi connectivity index (χ3v) is 9.52. The Bertz CT molecular complexity index is 1290. The van der Waals surface area contributed by atoms with Gasteiger partial charge in [-0.25, -0.2) is 13.9 Å². The Labute approximate surface area is 241 Å². The van der Waals surface area contributed by atoms with E-state index >= 15 is 0 Å². The molecule has 0 bridgehead atoms. The first-order chi connectivity index (χ1) is 19.0. The van der Waals surface area contributed by atoms with Crippen molar-refractivity contribution in [3.63, 3.8) is 0 Å². The van der Waals surface area contributed by atoms with Crippen LogP contribution in [0, 0.1) is 5.82 Å². The van der Waals surface area contributed by atoms with E-state index in [1.54, 1.807) is 23.9 Å². The van der Waals surface area contributed by atoms with Crippen molar-refractivity contribution in [2.24, 2.45) is 0 Å². The van der Waals surface area contributed by atoms with Gasteiger partial charge in [0, 0.05) is 62.5 Å². The lowest BCUT2D eigenvalue weighted by Gasteiger charge is -2.41. The summed E-state index contributed by atoms with van der Waals surface area (Å²) in [6, 6.07) is 11.2. The number of benzene rings is 2. The Morgan fingerprint density at radius 3 is 2.50 bits per heavy atom. The lowest BCUT2D eigenvalue weighted by molar-refractivity contribution is -0.0192. The highest BCUT2D eigenvalue weighted by Crippen LogP contribution is 2.37. The number of hydrogen-bond acceptors (Lipinski definition) is 5. The quantitative estimate of drug-likeness (QED) is 0.190. The number of ether oxygens (including phenoxy) is 3. The van der Waals surface area contributed by atoms with E-state index in [-0.39, 0.29) is 12.4 Å². The Morgan fingerprint density at radius 1 is 1.18 bits per heavy atom. The smallest absolute Gasteiger partial charge is 0.407 e. The van der Waals surface area contributed by atoms with E-state index in [2.05, 4.69) is 19.6 Å². The molecule has 4 rings (SSSR count). The van der Waals surface area contributed by atoms with Gasteiger partial charge in [-0.15, -0.1) is 0 Å². The summed E-state index contributed by atoms with van der Waals surface area (Å²) in [5.41, 5.74) is 2.10. The van der Waals surface area contributed by atoms with Crippen molar-refractivity contribution in [2.45, 2.75) is 56.8 Å². The third-order valence-electron chi connectivity index (χ3n) is 7.60. The zero-order valence-electron chi connectivity index (χ0n) is 23.7. The van der Waals surface area contributed by atoms with Crippen LogP contribution in [0.5, 0.6) is 0 Å². The second-order valence-corrected chi connectivity index (χ2v) is 17.8. The van der Waals surface area contributed by atoms with E-state index in [9.17, 15) is 14.3 Å². The van der Waals surface area contributed by atoms with Crippen LogP contribution in [-0.2, 0) is 26.4 Å². The predicted molar refractivity (Wildman–Crippen MR) is 156 cm³/mol. The molecule has 218 valence electrons. The number of fused-ring (bicyclic) bond motifs is 1. The summed E-state index contributed by atoms with van der Waals surface area (Å²) in [6.45, 7) is 9.38. The average Bonchev–Trinajstić information content (AvgIpc) is 3.31. The molecular formula is C29H39ClFN3O5Si. The zero-order valence-corrected chi connectivity index (χ0v) is 25.4. The van der Waals surface area contributed by atoms with Crippen molar-refractivity contribution in [1.82, 2.24) is 14.7 Å². The van der Waals surface area contributed by atoms with Crippen LogP contribution < -0.4 is 0 Å². The highest BCUT2D eigenvalue weighted by molar-refractivity contribution is 6.76. The number of aromatic nitrogens is 2. The van der Waals surface area contributed by atoms with Crippen LogP contribution in [0.2, 0.25) is 30.7 Å². The molecule has 1 amide bonds. The molecule has 0 radical (unpaired) electrons. The predicted octanol–water partition coefficient (Wildman–Crippen LogP) is 6.56. The lowest BCUT2D eigenvalue weighted by atomic mass is 9.73. The molecule has 3 aromatic rings. The van der Waals surface area contributed by atoms with Crippen LogP contribution in [0.1, 0.15) is 30.1 Å². The largest absolute Gasteiger partial charge is 0.465 e. The van der Waals surface area contributed by atoms with E-state index in [1.165, 1.54) is 17.0 Å². The lowest BCUT2D eigenvalue weighted by Crippen LogP contribution is -2.47. The standard InChI is InChI=1S/C29H39ClFN3O5Si/c1-37-26(25-16-23(30)15-21-17-34(32-27(21)25)20-38-13-14-40(2,3)4)18-39-19-29(22-5-7-24(31)8-6-22)9-11-33(12-10-29)28(35)36/h5-8,15-17,26H,9-14,18-20H2,1-4H3,(H,35,36). The van der Waals surface area contributed by atoms with E-state index in [1.807, 2.05) is 18.3 Å². The van der Waals surface area contributed by atoms with E-state index in [4.69, 9.17) is 30.9 Å². The van der Waals surface area contributed by atoms with Gasteiger partial charge in [-0.1, -0.05) is 43.4 Å². The van der Waals surface area contributed by atoms with Gasteiger partial charge in [-0.3, -0.25) is 0 Å². The minimum absolute atomic E-state index is 0.247. The number of amides is 1. The van der Waals surface area contributed by atoms with Gasteiger partial charge >= 0.3 is 6.09 Å². The number of carbonyl (C=O) groups is 1. The summed E-state index contributed by atoms with van der Waals surface area (Å²) in [5.74, 6) is -0.312. The van der Waals surface area contributed by atoms with Gasteiger partial charge in [-0.05, 0) is 48.7 Å². The average molecular weight is 592 g/mol. The zero-order chi connectivity index (χ0) is 28.9. The first-order valence-electron chi connectivity index (χ1n) is 13.6. The molecule has 2 aromatic carbocycles. The van der Waals surface area contributed by atoms with E-state index in [0.29, 0.717) is 50.9 Å². The number of hydrogen-bond donors (Lipinski definition) is 1. The fourth-order valence-electron chi connectivity index (χ4n) is 5.11. The Hall–Kier alpha value is -2.50. The normalized spacial score (nSPS) is 16.4. The summed E-state index contributed by atoms with van der Waals surface area (Å²) in [5, 5.41) is 15.7. The fraction of sp³-hybridized carbons (Fsp3) is 0.517. The Balaban J connectivity index is 1.48. The van der Waals surface area contributed by atoms with Crippen molar-refractivity contribution in [2.75, 3.05) is 40.0 Å². The first-order valence-corrected chi connectivity index (χ1v) is 17.7. The molecule has 1 N–H and O–H groups in total. The molecule has 1 saturated heterocycles. The molecule has 11 heteroatoms. The van der Waals surface area contributed by atoms with Gasteiger partial charge in [0.2, 0.25) is 0 Å². The number of carboxylic acid groups (broad SMARTS) is 1. The summed E-state index contributed by atoms with van der Waals surface area (Å²) >= 11 is 6.48. The topological polar surface area (TPSA) is 86.0 Å². The van der Waals surface area contributed by atoms with Crippen LogP contribution in [0.25, 0.3) is 10.9 Å². The number of nitrogens with zero attached hydrogens (tertiary/aromatic N) is 3. The number of halogens is 2. The molecule has 0 spiro atoms. The molecular weight excluding hydrogens is 553 g/mol. The van der Waals surface area contributed by atoms with Crippen molar-refractivity contribution in [1.29, 1.82) is 0 Å². The van der Waals surface area contributed by atoms with Crippen molar-refractivity contribution in [3.05, 3.63) is 64.6 Å². The van der Waals surface area contributed by atoms with Crippen molar-refractivity contribution < 1.29 is 28.5 Å². The summed E-state index contributed by atoms with van der Waals surface area (Å²) < 4.78 is 33.5. The summed E-state index contributed by atoms with van der Waals surface area (Å²) in [4.78, 5) is 12.9. The first kappa shape index (κ1) is 30.5. The second kappa shape index (κ2) is 13.0. The van der Waals surface area contributed by atoms with Gasteiger partial charge in [0.15, 0.2) is 0 Å². The van der Waals surface area contributed by atoms with Crippen LogP contribution in [0.3, 0.4) is 0 Å². The van der Waals surface area contributed by atoms with Gasteiger partial charge in [0.1, 0.15) is 18.7 Å². The monoisotopic (exact) mass is 591 g/mol. The van der Waals surface area contributed by atoms with Gasteiger partial charge < -0.3 is 24.2 Å². The maximum absolute atomic E-state index is 13.7. The maximum atomic E-state index is 13.7. The number of piperidine rings is 1. The van der Waals surface area contributed by atoms with Gasteiger partial charge in [0.25, 0.3) is 0 Å². The van der Waals surface area contributed by atoms with Crippen LogP contribution in [-0.4, -0.2) is 74.0 Å². The molecule has 1 aliphatic rings.